The predicted molar refractivity (Wildman–Crippen MR) is 148 cm³/mol. The van der Waals surface area contributed by atoms with Crippen molar-refractivity contribution >= 4 is 42.7 Å². The Balaban J connectivity index is 1.88. The summed E-state index contributed by atoms with van der Waals surface area (Å²) in [6.45, 7) is 0. The normalized spacial score (nSPS) is 14.1. The summed E-state index contributed by atoms with van der Waals surface area (Å²) in [6, 6.07) is 16.4. The molecule has 2 aromatic rings. The number of rotatable bonds is 8. The van der Waals surface area contributed by atoms with E-state index in [0.717, 1.165) is 12.5 Å². The van der Waals surface area contributed by atoms with Gasteiger partial charge in [0, 0.05) is 18.3 Å². The molecule has 11 nitrogen and oxygen atoms in total. The molecule has 0 fully saturated rings. The van der Waals surface area contributed by atoms with Crippen LogP contribution in [0.5, 0.6) is 5.75 Å². The van der Waals surface area contributed by atoms with Crippen molar-refractivity contribution in [3.8, 4) is 24.0 Å². The zero-order valence-corrected chi connectivity index (χ0v) is 22.6. The smallest absolute Gasteiger partial charge is 0.229 e. The first kappa shape index (κ1) is 28.5. The van der Waals surface area contributed by atoms with Crippen LogP contribution in [-0.4, -0.2) is 36.4 Å². The van der Waals surface area contributed by atoms with Gasteiger partial charge in [0.1, 0.15) is 17.7 Å². The molecule has 39 heavy (non-hydrogen) atoms. The van der Waals surface area contributed by atoms with Crippen molar-refractivity contribution in [2.45, 2.75) is 0 Å². The molecule has 0 radical (unpaired) electrons. The first-order valence-corrected chi connectivity index (χ1v) is 14.8. The molecule has 1 aliphatic rings. The van der Waals surface area contributed by atoms with E-state index in [-0.39, 0.29) is 22.4 Å². The molecule has 1 aliphatic heterocycles. The highest BCUT2D eigenvalue weighted by atomic mass is 32.2. The summed E-state index contributed by atoms with van der Waals surface area (Å²) < 4.78 is 56.5. The van der Waals surface area contributed by atoms with E-state index in [4.69, 9.17) is 4.74 Å². The highest BCUT2D eigenvalue weighted by Gasteiger charge is 2.23. The second-order valence-corrected chi connectivity index (χ2v) is 11.7. The van der Waals surface area contributed by atoms with E-state index in [1.54, 1.807) is 54.4 Å². The zero-order chi connectivity index (χ0) is 28.8. The Labute approximate surface area is 227 Å². The van der Waals surface area contributed by atoms with Crippen molar-refractivity contribution in [1.82, 2.24) is 0 Å². The number of ether oxygens (including phenoxy) is 1. The molecule has 0 spiro atoms. The van der Waals surface area contributed by atoms with Crippen molar-refractivity contribution in [3.05, 3.63) is 89.4 Å². The second-order valence-electron chi connectivity index (χ2n) is 8.22. The van der Waals surface area contributed by atoms with Gasteiger partial charge in [-0.05, 0) is 48.0 Å². The number of allylic oxidation sites excluding steroid dienone is 7. The third-order valence-electron chi connectivity index (χ3n) is 5.12. The molecule has 2 N–H and O–H groups in total. The SMILES string of the molecule is CN1C(=CC=CC=C(C#N)C(=C(C#N)C#N)c2ccc(NS(C)(=O)=O)cc2)Oc2ccc(NS(C)(=O)=O)cc21. The Hall–Kier alpha value is -5.03. The molecular formula is C26H22N6O5S2. The third kappa shape index (κ3) is 7.49. The molecular weight excluding hydrogens is 540 g/mol. The predicted octanol–water partition coefficient (Wildman–Crippen LogP) is 3.61. The quantitative estimate of drug-likeness (QED) is 0.359. The molecule has 0 bridgehead atoms. The Morgan fingerprint density at radius 3 is 2.03 bits per heavy atom. The summed E-state index contributed by atoms with van der Waals surface area (Å²) >= 11 is 0. The number of fused-ring (bicyclic) bond motifs is 1. The summed E-state index contributed by atoms with van der Waals surface area (Å²) in [6.07, 6.45) is 8.25. The van der Waals surface area contributed by atoms with Gasteiger partial charge in [-0.3, -0.25) is 9.44 Å². The molecule has 0 aromatic heterocycles. The summed E-state index contributed by atoms with van der Waals surface area (Å²) in [7, 11) is -5.20. The topological polar surface area (TPSA) is 176 Å². The molecule has 198 valence electrons. The summed E-state index contributed by atoms with van der Waals surface area (Å²) in [4.78, 5) is 1.71. The minimum Gasteiger partial charge on any atom is -0.439 e. The highest BCUT2D eigenvalue weighted by Crippen LogP contribution is 2.39. The van der Waals surface area contributed by atoms with Crippen LogP contribution in [0.2, 0.25) is 0 Å². The van der Waals surface area contributed by atoms with E-state index in [1.165, 1.54) is 36.4 Å². The maximum atomic E-state index is 11.5. The van der Waals surface area contributed by atoms with Crippen LogP contribution in [0.15, 0.2) is 83.8 Å². The van der Waals surface area contributed by atoms with Crippen molar-refractivity contribution in [2.75, 3.05) is 33.9 Å². The number of nitrogens with zero attached hydrogens (tertiary/aromatic N) is 4. The van der Waals surface area contributed by atoms with Gasteiger partial charge in [-0.2, -0.15) is 15.8 Å². The van der Waals surface area contributed by atoms with E-state index >= 15 is 0 Å². The number of nitrogens with one attached hydrogen (secondary N) is 2. The van der Waals surface area contributed by atoms with Crippen LogP contribution in [0, 0.1) is 34.0 Å². The molecule has 1 heterocycles. The fourth-order valence-electron chi connectivity index (χ4n) is 3.55. The van der Waals surface area contributed by atoms with Gasteiger partial charge in [0.2, 0.25) is 20.0 Å². The number of sulfonamides is 2. The lowest BCUT2D eigenvalue weighted by atomic mass is 9.93. The third-order valence-corrected chi connectivity index (χ3v) is 6.33. The molecule has 0 unspecified atom stereocenters. The largest absolute Gasteiger partial charge is 0.439 e. The Bertz CT molecular complexity index is 1750. The Morgan fingerprint density at radius 1 is 0.872 bits per heavy atom. The number of hydrogen-bond donors (Lipinski definition) is 2. The van der Waals surface area contributed by atoms with Gasteiger partial charge in [-0.1, -0.05) is 24.3 Å². The molecule has 0 aliphatic carbocycles. The minimum atomic E-state index is -3.50. The second kappa shape index (κ2) is 11.6. The monoisotopic (exact) mass is 562 g/mol. The van der Waals surface area contributed by atoms with E-state index < -0.39 is 20.0 Å². The molecule has 3 rings (SSSR count). The highest BCUT2D eigenvalue weighted by molar-refractivity contribution is 7.92. The van der Waals surface area contributed by atoms with Gasteiger partial charge < -0.3 is 9.64 Å². The maximum Gasteiger partial charge on any atom is 0.229 e. The van der Waals surface area contributed by atoms with Crippen LogP contribution in [0.4, 0.5) is 17.1 Å². The molecule has 2 aromatic carbocycles. The zero-order valence-electron chi connectivity index (χ0n) is 21.0. The molecule has 0 amide bonds. The van der Waals surface area contributed by atoms with E-state index in [1.807, 2.05) is 6.07 Å². The fraction of sp³-hybridized carbons (Fsp3) is 0.115. The van der Waals surface area contributed by atoms with Crippen LogP contribution in [0.1, 0.15) is 5.56 Å². The number of hydrogen-bond acceptors (Lipinski definition) is 9. The summed E-state index contributed by atoms with van der Waals surface area (Å²) in [5.41, 5.74) is 1.53. The van der Waals surface area contributed by atoms with Gasteiger partial charge in [0.25, 0.3) is 0 Å². The van der Waals surface area contributed by atoms with Gasteiger partial charge in [0.05, 0.1) is 35.5 Å². The van der Waals surface area contributed by atoms with E-state index in [2.05, 4.69) is 9.44 Å². The van der Waals surface area contributed by atoms with Crippen molar-refractivity contribution < 1.29 is 21.6 Å². The summed E-state index contributed by atoms with van der Waals surface area (Å²) in [5.74, 6) is 0.959. The van der Waals surface area contributed by atoms with Crippen LogP contribution in [-0.2, 0) is 20.0 Å². The maximum absolute atomic E-state index is 11.5. The lowest BCUT2D eigenvalue weighted by Gasteiger charge is -2.11. The van der Waals surface area contributed by atoms with E-state index in [0.29, 0.717) is 28.6 Å². The summed E-state index contributed by atoms with van der Waals surface area (Å²) in [5, 5.41) is 28.7. The lowest BCUT2D eigenvalue weighted by Crippen LogP contribution is -2.13. The number of benzene rings is 2. The molecule has 0 saturated carbocycles. The fourth-order valence-corrected chi connectivity index (χ4v) is 4.66. The Morgan fingerprint density at radius 2 is 1.46 bits per heavy atom. The van der Waals surface area contributed by atoms with Gasteiger partial charge >= 0.3 is 0 Å². The van der Waals surface area contributed by atoms with Crippen LogP contribution < -0.4 is 19.1 Å². The van der Waals surface area contributed by atoms with Gasteiger partial charge in [-0.15, -0.1) is 0 Å². The Kier molecular flexibility index (Phi) is 8.47. The van der Waals surface area contributed by atoms with Crippen molar-refractivity contribution in [1.29, 1.82) is 15.8 Å². The van der Waals surface area contributed by atoms with Gasteiger partial charge in [-0.25, -0.2) is 16.8 Å². The van der Waals surface area contributed by atoms with Crippen LogP contribution in [0.25, 0.3) is 5.57 Å². The standard InChI is InChI=1S/C26H22N6O5S2/c1-32-23-14-22(31-39(3,35)36)12-13-24(23)37-25(32)7-5-4-6-19(15-27)26(20(16-28)17-29)18-8-10-21(11-9-18)30-38(2,33)34/h4-14,30-31H,1-3H3. The number of nitriles is 3. The number of anilines is 3. The first-order valence-electron chi connectivity index (χ1n) is 11.0. The average Bonchev–Trinajstić information content (AvgIpc) is 3.16. The molecule has 13 heteroatoms. The van der Waals surface area contributed by atoms with Gasteiger partial charge in [0.15, 0.2) is 11.6 Å². The van der Waals surface area contributed by atoms with Crippen LogP contribution >= 0.6 is 0 Å². The molecule has 0 saturated heterocycles. The first-order chi connectivity index (χ1) is 18.3. The average molecular weight is 563 g/mol. The molecule has 0 atom stereocenters. The van der Waals surface area contributed by atoms with Crippen molar-refractivity contribution in [2.24, 2.45) is 0 Å². The minimum absolute atomic E-state index is 0.0343. The van der Waals surface area contributed by atoms with Crippen molar-refractivity contribution in [3.63, 3.8) is 0 Å². The van der Waals surface area contributed by atoms with E-state index in [9.17, 15) is 32.6 Å². The van der Waals surface area contributed by atoms with Crippen LogP contribution in [0.3, 0.4) is 0 Å². The lowest BCUT2D eigenvalue weighted by molar-refractivity contribution is 0.444.